The van der Waals surface area contributed by atoms with Crippen LogP contribution in [-0.2, 0) is 19.0 Å². The highest BCUT2D eigenvalue weighted by atomic mass is 16.6. The molecule has 2 saturated heterocycles. The largest absolute Gasteiger partial charge is 0.455 e. The van der Waals surface area contributed by atoms with Crippen LogP contribution in [0.25, 0.3) is 0 Å². The fourth-order valence-electron chi connectivity index (χ4n) is 7.25. The molecule has 0 aromatic carbocycles. The molecule has 0 aromatic rings. The van der Waals surface area contributed by atoms with Gasteiger partial charge >= 0.3 is 5.97 Å². The molecule has 3 heterocycles. The Kier molecular flexibility index (Phi) is 18.5. The molecule has 0 amide bonds. The number of ether oxygens (including phenoxy) is 3. The van der Waals surface area contributed by atoms with Crippen molar-refractivity contribution < 1.29 is 29.2 Å². The highest BCUT2D eigenvalue weighted by molar-refractivity contribution is 5.90. The average Bonchev–Trinajstić information content (AvgIpc) is 3.75. The zero-order valence-electron chi connectivity index (χ0n) is 27.8. The second-order valence-corrected chi connectivity index (χ2v) is 13.9. The summed E-state index contributed by atoms with van der Waals surface area (Å²) in [5.74, 6) is -0.174. The first-order chi connectivity index (χ1) is 21.0. The predicted octanol–water partition coefficient (Wildman–Crippen LogP) is 8.89. The summed E-state index contributed by atoms with van der Waals surface area (Å²) in [5.41, 5.74) is 0.796. The molecule has 0 aliphatic carbocycles. The van der Waals surface area contributed by atoms with Crippen LogP contribution < -0.4 is 0 Å². The Balaban J connectivity index is 1.13. The number of carbonyl (C=O) groups excluding carboxylic acids is 1. The molecule has 2 fully saturated rings. The molecule has 3 aliphatic rings. The van der Waals surface area contributed by atoms with Gasteiger partial charge in [0.1, 0.15) is 6.10 Å². The standard InChI is InChI=1S/C37H66O6/c1-3-4-5-6-7-8-9-10-11-12-13-14-15-16-19-22-31(38)33-24-26-35(42-33)36-27-25-34(43-36)32(39)23-20-17-18-21-30-28-29(2)41-37(30)40/h28-29,31-36,38-39H,3-27H2,1-2H3/t29-,31-,32+,33+,34+,35+,36+/m0/s1. The van der Waals surface area contributed by atoms with Gasteiger partial charge in [-0.1, -0.05) is 116 Å². The molecule has 0 aromatic heterocycles. The van der Waals surface area contributed by atoms with Crippen LogP contribution in [0.4, 0.5) is 0 Å². The van der Waals surface area contributed by atoms with E-state index in [9.17, 15) is 15.0 Å². The number of unbranched alkanes of at least 4 members (excludes halogenated alkanes) is 16. The van der Waals surface area contributed by atoms with Crippen molar-refractivity contribution in [1.82, 2.24) is 0 Å². The number of esters is 1. The first-order valence-electron chi connectivity index (χ1n) is 18.6. The molecular formula is C37H66O6. The van der Waals surface area contributed by atoms with Gasteiger partial charge in [-0.15, -0.1) is 0 Å². The Hall–Kier alpha value is -0.950. The Morgan fingerprint density at radius 1 is 0.651 bits per heavy atom. The Morgan fingerprint density at radius 2 is 1.07 bits per heavy atom. The minimum absolute atomic E-state index is 0.0324. The molecule has 7 atom stereocenters. The Morgan fingerprint density at radius 3 is 1.49 bits per heavy atom. The lowest BCUT2D eigenvalue weighted by Gasteiger charge is -2.24. The fraction of sp³-hybridized carbons (Fsp3) is 0.919. The van der Waals surface area contributed by atoms with E-state index in [-0.39, 0.29) is 42.6 Å². The van der Waals surface area contributed by atoms with Gasteiger partial charge in [-0.05, 0) is 64.4 Å². The fourth-order valence-corrected chi connectivity index (χ4v) is 7.25. The molecule has 43 heavy (non-hydrogen) atoms. The third-order valence-electron chi connectivity index (χ3n) is 9.98. The lowest BCUT2D eigenvalue weighted by Crippen LogP contribution is -2.33. The van der Waals surface area contributed by atoms with Crippen LogP contribution in [-0.4, -0.2) is 58.9 Å². The maximum Gasteiger partial charge on any atom is 0.334 e. The minimum Gasteiger partial charge on any atom is -0.455 e. The van der Waals surface area contributed by atoms with Crippen molar-refractivity contribution in [3.8, 4) is 0 Å². The first-order valence-corrected chi connectivity index (χ1v) is 18.6. The summed E-state index contributed by atoms with van der Waals surface area (Å²) in [5, 5.41) is 21.5. The van der Waals surface area contributed by atoms with Crippen molar-refractivity contribution in [2.24, 2.45) is 0 Å². The van der Waals surface area contributed by atoms with Crippen LogP contribution in [0.1, 0.15) is 174 Å². The van der Waals surface area contributed by atoms with Crippen LogP contribution in [0.5, 0.6) is 0 Å². The zero-order valence-corrected chi connectivity index (χ0v) is 27.8. The quantitative estimate of drug-likeness (QED) is 0.0797. The van der Waals surface area contributed by atoms with Gasteiger partial charge in [-0.3, -0.25) is 0 Å². The molecule has 0 bridgehead atoms. The molecule has 6 heteroatoms. The van der Waals surface area contributed by atoms with Crippen LogP contribution in [0.2, 0.25) is 0 Å². The van der Waals surface area contributed by atoms with E-state index in [4.69, 9.17) is 14.2 Å². The van der Waals surface area contributed by atoms with E-state index in [1.807, 2.05) is 13.0 Å². The van der Waals surface area contributed by atoms with Gasteiger partial charge in [-0.2, -0.15) is 0 Å². The number of aliphatic hydroxyl groups is 2. The highest BCUT2D eigenvalue weighted by Gasteiger charge is 2.40. The summed E-state index contributed by atoms with van der Waals surface area (Å²) in [6, 6.07) is 0. The van der Waals surface area contributed by atoms with Gasteiger partial charge in [0.25, 0.3) is 0 Å². The van der Waals surface area contributed by atoms with Crippen molar-refractivity contribution in [3.05, 3.63) is 11.6 Å². The lowest BCUT2D eigenvalue weighted by atomic mass is 10.00. The molecule has 0 unspecified atom stereocenters. The molecule has 6 nitrogen and oxygen atoms in total. The smallest absolute Gasteiger partial charge is 0.334 e. The van der Waals surface area contributed by atoms with Crippen molar-refractivity contribution in [2.75, 3.05) is 0 Å². The number of hydrogen-bond donors (Lipinski definition) is 2. The summed E-state index contributed by atoms with van der Waals surface area (Å²) in [7, 11) is 0. The summed E-state index contributed by atoms with van der Waals surface area (Å²) in [6.45, 7) is 4.17. The zero-order chi connectivity index (χ0) is 30.7. The summed E-state index contributed by atoms with van der Waals surface area (Å²) in [6.07, 6.45) is 30.0. The second-order valence-electron chi connectivity index (χ2n) is 13.9. The average molecular weight is 607 g/mol. The molecule has 3 rings (SSSR count). The van der Waals surface area contributed by atoms with Crippen molar-refractivity contribution in [3.63, 3.8) is 0 Å². The molecule has 250 valence electrons. The summed E-state index contributed by atoms with van der Waals surface area (Å²) >= 11 is 0. The monoisotopic (exact) mass is 606 g/mol. The van der Waals surface area contributed by atoms with Crippen LogP contribution in [0, 0.1) is 0 Å². The van der Waals surface area contributed by atoms with Gasteiger partial charge in [-0.25, -0.2) is 4.79 Å². The van der Waals surface area contributed by atoms with Gasteiger partial charge in [0.2, 0.25) is 0 Å². The maximum atomic E-state index is 11.7. The number of cyclic esters (lactones) is 1. The molecule has 3 aliphatic heterocycles. The number of rotatable bonds is 25. The maximum absolute atomic E-state index is 11.7. The van der Waals surface area contributed by atoms with Crippen LogP contribution in [0.15, 0.2) is 11.6 Å². The van der Waals surface area contributed by atoms with Crippen molar-refractivity contribution >= 4 is 5.97 Å². The molecular weight excluding hydrogens is 540 g/mol. The van der Waals surface area contributed by atoms with E-state index in [0.29, 0.717) is 0 Å². The number of hydrogen-bond acceptors (Lipinski definition) is 6. The Labute approximate surface area is 263 Å². The highest BCUT2D eigenvalue weighted by Crippen LogP contribution is 2.34. The van der Waals surface area contributed by atoms with Gasteiger partial charge < -0.3 is 24.4 Å². The number of carbonyl (C=O) groups is 1. The van der Waals surface area contributed by atoms with E-state index in [2.05, 4.69) is 6.92 Å². The normalized spacial score (nSPS) is 27.0. The van der Waals surface area contributed by atoms with Gasteiger partial charge in [0.15, 0.2) is 0 Å². The SMILES string of the molecule is CCCCCCCCCCCCCCCCC[C@H](O)[C@H]1CC[C@H]([C@H]2CC[C@H]([C@H](O)CCCCCC3=C[C@H](C)OC3=O)O2)O1. The first kappa shape index (κ1) is 36.5. The molecule has 0 radical (unpaired) electrons. The summed E-state index contributed by atoms with van der Waals surface area (Å²) in [4.78, 5) is 11.7. The molecule has 2 N–H and O–H groups in total. The Bertz CT molecular complexity index is 768. The molecule has 0 saturated carbocycles. The van der Waals surface area contributed by atoms with Gasteiger partial charge in [0.05, 0.1) is 36.6 Å². The van der Waals surface area contributed by atoms with E-state index in [0.717, 1.165) is 76.2 Å². The van der Waals surface area contributed by atoms with Crippen LogP contribution in [0.3, 0.4) is 0 Å². The predicted molar refractivity (Wildman–Crippen MR) is 174 cm³/mol. The minimum atomic E-state index is -0.450. The summed E-state index contributed by atoms with van der Waals surface area (Å²) < 4.78 is 17.7. The third-order valence-corrected chi connectivity index (χ3v) is 9.98. The third kappa shape index (κ3) is 14.3. The number of aliphatic hydroxyl groups excluding tert-OH is 2. The van der Waals surface area contributed by atoms with Gasteiger partial charge in [0, 0.05) is 5.57 Å². The second kappa shape index (κ2) is 21.7. The van der Waals surface area contributed by atoms with Crippen molar-refractivity contribution in [1.29, 1.82) is 0 Å². The van der Waals surface area contributed by atoms with Crippen LogP contribution >= 0.6 is 0 Å². The van der Waals surface area contributed by atoms with E-state index in [1.165, 1.54) is 89.9 Å². The van der Waals surface area contributed by atoms with E-state index in [1.54, 1.807) is 0 Å². The van der Waals surface area contributed by atoms with E-state index < -0.39 is 6.10 Å². The lowest BCUT2D eigenvalue weighted by molar-refractivity contribution is -0.139. The molecule has 0 spiro atoms. The topological polar surface area (TPSA) is 85.2 Å². The van der Waals surface area contributed by atoms with E-state index >= 15 is 0 Å². The van der Waals surface area contributed by atoms with Crippen molar-refractivity contribution in [2.45, 2.75) is 217 Å².